The van der Waals surface area contributed by atoms with E-state index in [-0.39, 0.29) is 5.92 Å². The first-order valence-corrected chi connectivity index (χ1v) is 9.26. The summed E-state index contributed by atoms with van der Waals surface area (Å²) in [7, 11) is 0. The fourth-order valence-corrected chi connectivity index (χ4v) is 4.33. The molecule has 2 aromatic carbocycles. The summed E-state index contributed by atoms with van der Waals surface area (Å²) < 4.78 is 26.8. The molecule has 1 saturated carbocycles. The van der Waals surface area contributed by atoms with Gasteiger partial charge in [0.15, 0.2) is 11.6 Å². The number of hydrogen-bond acceptors (Lipinski definition) is 1. The molecule has 0 aromatic heterocycles. The normalized spacial score (nSPS) is 21.3. The SMILES string of the molecule is CC(c1ccc2c(c1)N=CC2c1ccc(F)c(F)c1)C1CCCCC1. The summed E-state index contributed by atoms with van der Waals surface area (Å²) in [5.41, 5.74) is 4.13. The summed E-state index contributed by atoms with van der Waals surface area (Å²) in [4.78, 5) is 4.56. The maximum absolute atomic E-state index is 13.6. The Labute approximate surface area is 147 Å². The summed E-state index contributed by atoms with van der Waals surface area (Å²) in [6.07, 6.45) is 8.53. The number of halogens is 2. The van der Waals surface area contributed by atoms with Crippen LogP contribution in [0, 0.1) is 17.6 Å². The van der Waals surface area contributed by atoms with Crippen LogP contribution in [0.25, 0.3) is 0 Å². The highest BCUT2D eigenvalue weighted by molar-refractivity contribution is 5.84. The van der Waals surface area contributed by atoms with Gasteiger partial charge in [-0.15, -0.1) is 0 Å². The Morgan fingerprint density at radius 3 is 2.52 bits per heavy atom. The second-order valence-electron chi connectivity index (χ2n) is 7.43. The van der Waals surface area contributed by atoms with E-state index in [1.807, 2.05) is 6.21 Å². The highest BCUT2D eigenvalue weighted by atomic mass is 19.2. The summed E-state index contributed by atoms with van der Waals surface area (Å²) >= 11 is 0. The summed E-state index contributed by atoms with van der Waals surface area (Å²) in [6.45, 7) is 2.32. The molecular weight excluding hydrogens is 316 g/mol. The Morgan fingerprint density at radius 2 is 1.76 bits per heavy atom. The summed E-state index contributed by atoms with van der Waals surface area (Å²) in [6, 6.07) is 10.6. The van der Waals surface area contributed by atoms with Crippen molar-refractivity contribution in [1.29, 1.82) is 0 Å². The third-order valence-corrected chi connectivity index (χ3v) is 5.94. The number of benzene rings is 2. The Morgan fingerprint density at radius 1 is 0.960 bits per heavy atom. The molecule has 0 spiro atoms. The van der Waals surface area contributed by atoms with E-state index in [0.29, 0.717) is 5.92 Å². The van der Waals surface area contributed by atoms with Crippen LogP contribution in [0.15, 0.2) is 41.4 Å². The number of fused-ring (bicyclic) bond motifs is 1. The topological polar surface area (TPSA) is 12.4 Å². The van der Waals surface area contributed by atoms with Gasteiger partial charge in [-0.05, 0) is 59.6 Å². The fraction of sp³-hybridized carbons (Fsp3) is 0.409. The molecule has 130 valence electrons. The highest BCUT2D eigenvalue weighted by Crippen LogP contribution is 2.41. The zero-order chi connectivity index (χ0) is 17.4. The smallest absolute Gasteiger partial charge is 0.159 e. The maximum Gasteiger partial charge on any atom is 0.159 e. The molecule has 4 rings (SSSR count). The fourth-order valence-electron chi connectivity index (χ4n) is 4.33. The number of nitrogens with zero attached hydrogens (tertiary/aromatic N) is 1. The molecule has 2 aliphatic rings. The largest absolute Gasteiger partial charge is 0.260 e. The molecule has 1 heterocycles. The number of rotatable bonds is 3. The lowest BCUT2D eigenvalue weighted by Crippen LogP contribution is -2.13. The lowest BCUT2D eigenvalue weighted by Gasteiger charge is -2.28. The first-order chi connectivity index (χ1) is 12.1. The number of hydrogen-bond donors (Lipinski definition) is 0. The van der Waals surface area contributed by atoms with Crippen LogP contribution < -0.4 is 0 Å². The van der Waals surface area contributed by atoms with Crippen molar-refractivity contribution in [2.24, 2.45) is 10.9 Å². The molecule has 2 unspecified atom stereocenters. The first-order valence-electron chi connectivity index (χ1n) is 9.26. The molecule has 0 bridgehead atoms. The van der Waals surface area contributed by atoms with Gasteiger partial charge in [-0.25, -0.2) is 8.78 Å². The maximum atomic E-state index is 13.6. The van der Waals surface area contributed by atoms with Crippen LogP contribution in [-0.4, -0.2) is 6.21 Å². The van der Waals surface area contributed by atoms with E-state index in [2.05, 4.69) is 30.1 Å². The number of aliphatic imine (C=N–C) groups is 1. The molecule has 25 heavy (non-hydrogen) atoms. The van der Waals surface area contributed by atoms with E-state index in [0.717, 1.165) is 22.7 Å². The zero-order valence-electron chi connectivity index (χ0n) is 14.5. The van der Waals surface area contributed by atoms with Gasteiger partial charge in [-0.2, -0.15) is 0 Å². The molecule has 1 aliphatic heterocycles. The van der Waals surface area contributed by atoms with Crippen molar-refractivity contribution in [1.82, 2.24) is 0 Å². The van der Waals surface area contributed by atoms with Gasteiger partial charge in [0.05, 0.1) is 5.69 Å². The van der Waals surface area contributed by atoms with Crippen LogP contribution in [0.5, 0.6) is 0 Å². The van der Waals surface area contributed by atoms with E-state index >= 15 is 0 Å². The van der Waals surface area contributed by atoms with Crippen molar-refractivity contribution < 1.29 is 8.78 Å². The minimum Gasteiger partial charge on any atom is -0.260 e. The van der Waals surface area contributed by atoms with Crippen molar-refractivity contribution in [3.05, 3.63) is 64.7 Å². The standard InChI is InChI=1S/C22H23F2N/c1-14(15-5-3-2-4-6-15)16-7-9-18-19(13-25-22(18)12-16)17-8-10-20(23)21(24)11-17/h7-15,19H,2-6H2,1H3. The first kappa shape index (κ1) is 16.4. The van der Waals surface area contributed by atoms with E-state index < -0.39 is 11.6 Å². The van der Waals surface area contributed by atoms with Crippen molar-refractivity contribution in [3.8, 4) is 0 Å². The van der Waals surface area contributed by atoms with Crippen LogP contribution in [0.3, 0.4) is 0 Å². The molecule has 1 fully saturated rings. The average molecular weight is 339 g/mol. The third-order valence-electron chi connectivity index (χ3n) is 5.94. The van der Waals surface area contributed by atoms with Crippen LogP contribution in [0.1, 0.15) is 67.6 Å². The van der Waals surface area contributed by atoms with Gasteiger partial charge in [-0.3, -0.25) is 4.99 Å². The van der Waals surface area contributed by atoms with Crippen LogP contribution in [0.4, 0.5) is 14.5 Å². The Balaban J connectivity index is 1.60. The minimum absolute atomic E-state index is 0.0934. The molecule has 2 aromatic rings. The molecular formula is C22H23F2N. The quantitative estimate of drug-likeness (QED) is 0.605. The molecule has 1 aliphatic carbocycles. The monoisotopic (exact) mass is 339 g/mol. The lowest BCUT2D eigenvalue weighted by atomic mass is 9.77. The average Bonchev–Trinajstić information content (AvgIpc) is 3.07. The van der Waals surface area contributed by atoms with E-state index in [1.54, 1.807) is 6.07 Å². The van der Waals surface area contributed by atoms with Crippen LogP contribution in [-0.2, 0) is 0 Å². The van der Waals surface area contributed by atoms with Crippen molar-refractivity contribution >= 4 is 11.9 Å². The van der Waals surface area contributed by atoms with Crippen molar-refractivity contribution in [3.63, 3.8) is 0 Å². The Hall–Kier alpha value is -2.03. The molecule has 2 atom stereocenters. The Kier molecular flexibility index (Phi) is 4.41. The lowest BCUT2D eigenvalue weighted by molar-refractivity contribution is 0.316. The molecule has 0 N–H and O–H groups in total. The molecule has 0 amide bonds. The van der Waals surface area contributed by atoms with Gasteiger partial charge in [0.1, 0.15) is 0 Å². The second kappa shape index (κ2) is 6.70. The van der Waals surface area contributed by atoms with E-state index in [4.69, 9.17) is 0 Å². The second-order valence-corrected chi connectivity index (χ2v) is 7.43. The van der Waals surface area contributed by atoms with Crippen molar-refractivity contribution in [2.75, 3.05) is 0 Å². The minimum atomic E-state index is -0.810. The van der Waals surface area contributed by atoms with Gasteiger partial charge < -0.3 is 0 Å². The molecule has 3 heteroatoms. The highest BCUT2D eigenvalue weighted by Gasteiger charge is 2.25. The van der Waals surface area contributed by atoms with Gasteiger partial charge >= 0.3 is 0 Å². The third kappa shape index (κ3) is 3.12. The van der Waals surface area contributed by atoms with Gasteiger partial charge in [-0.1, -0.05) is 44.4 Å². The van der Waals surface area contributed by atoms with Gasteiger partial charge in [0.25, 0.3) is 0 Å². The molecule has 0 radical (unpaired) electrons. The Bertz CT molecular complexity index is 806. The predicted octanol–water partition coefficient (Wildman–Crippen LogP) is 6.50. The molecule has 1 nitrogen and oxygen atoms in total. The van der Waals surface area contributed by atoms with Crippen molar-refractivity contribution in [2.45, 2.75) is 50.9 Å². The molecule has 0 saturated heterocycles. The van der Waals surface area contributed by atoms with Crippen LogP contribution in [0.2, 0.25) is 0 Å². The van der Waals surface area contributed by atoms with E-state index in [1.165, 1.54) is 49.8 Å². The van der Waals surface area contributed by atoms with Gasteiger partial charge in [0, 0.05) is 12.1 Å². The van der Waals surface area contributed by atoms with Crippen LogP contribution >= 0.6 is 0 Å². The summed E-state index contributed by atoms with van der Waals surface area (Å²) in [5, 5.41) is 0. The van der Waals surface area contributed by atoms with E-state index in [9.17, 15) is 8.78 Å². The zero-order valence-corrected chi connectivity index (χ0v) is 14.5. The van der Waals surface area contributed by atoms with Gasteiger partial charge in [0.2, 0.25) is 0 Å². The summed E-state index contributed by atoms with van der Waals surface area (Å²) in [5.74, 6) is -0.399. The predicted molar refractivity (Wildman–Crippen MR) is 97.8 cm³/mol.